The first-order chi connectivity index (χ1) is 0. The Morgan fingerprint density at radius 2 is 1.00 bits per heavy atom. The van der Waals surface area contributed by atoms with Crippen molar-refractivity contribution in [3.63, 3.8) is 0 Å². The zero-order valence-electron chi connectivity index (χ0n) is 1.28. The van der Waals surface area contributed by atoms with E-state index >= 15 is 0 Å². The monoisotopic (exact) mass is 137 g/mol. The minimum absolute atomic E-state index is 0. The molecule has 0 amide bonds. The summed E-state index contributed by atoms with van der Waals surface area (Å²) in [6.07, 6.45) is 0. The van der Waals surface area contributed by atoms with Gasteiger partial charge >= 0.3 is 0 Å². The van der Waals surface area contributed by atoms with Gasteiger partial charge in [-0.15, -0.1) is 0 Å². The van der Waals surface area contributed by atoms with Crippen LogP contribution in [0.25, 0.3) is 0 Å². The molecular formula is H7AlBSiZn. The summed E-state index contributed by atoms with van der Waals surface area (Å²) in [4.78, 5) is 0. The summed E-state index contributed by atoms with van der Waals surface area (Å²) in [5.74, 6) is 0. The van der Waals surface area contributed by atoms with E-state index in [0.29, 0.717) is 0 Å². The fourth-order valence-corrected chi connectivity index (χ4v) is 0. The van der Waals surface area contributed by atoms with Gasteiger partial charge in [-0.2, -0.15) is 0 Å². The maximum absolute atomic E-state index is 0. The van der Waals surface area contributed by atoms with E-state index in [1.165, 1.54) is 0 Å². The van der Waals surface area contributed by atoms with Crippen molar-refractivity contribution in [3.05, 3.63) is 0 Å². The van der Waals surface area contributed by atoms with Crippen LogP contribution >= 0.6 is 0 Å². The summed E-state index contributed by atoms with van der Waals surface area (Å²) in [6.45, 7) is 0. The molecule has 0 aliphatic rings. The Bertz CT molecular complexity index is 8.00. The molecule has 0 aromatic rings. The SMILES string of the molecule is [AlH3].[B].[SiH4].[Zn]. The zero-order valence-corrected chi connectivity index (χ0v) is 4.25. The molecule has 0 aliphatic carbocycles. The molecule has 0 fully saturated rings. The maximum Gasteiger partial charge on any atom is 0.187 e. The third-order valence-corrected chi connectivity index (χ3v) is 0. The Hall–Kier alpha value is 1.44. The van der Waals surface area contributed by atoms with Crippen molar-refractivity contribution in [3.8, 4) is 0 Å². The summed E-state index contributed by atoms with van der Waals surface area (Å²) in [5.41, 5.74) is 0. The topological polar surface area (TPSA) is 0 Å². The first-order valence-corrected chi connectivity index (χ1v) is 0. The molecule has 0 bridgehead atoms. The second-order valence-electron chi connectivity index (χ2n) is 0. The summed E-state index contributed by atoms with van der Waals surface area (Å²) >= 11 is 0. The van der Waals surface area contributed by atoms with E-state index in [-0.39, 0.29) is 56.2 Å². The van der Waals surface area contributed by atoms with Crippen LogP contribution in [0.4, 0.5) is 0 Å². The van der Waals surface area contributed by atoms with Crippen molar-refractivity contribution >= 4 is 36.7 Å². The molecule has 0 aromatic carbocycles. The molecule has 0 heterocycles. The smallest absolute Gasteiger partial charge is 0.0149 e. The van der Waals surface area contributed by atoms with Gasteiger partial charge in [0.2, 0.25) is 0 Å². The van der Waals surface area contributed by atoms with E-state index in [1.807, 2.05) is 0 Å². The van der Waals surface area contributed by atoms with Gasteiger partial charge in [0.25, 0.3) is 0 Å². The van der Waals surface area contributed by atoms with Crippen molar-refractivity contribution in [1.82, 2.24) is 0 Å². The largest absolute Gasteiger partial charge is 0.187 e. The van der Waals surface area contributed by atoms with Crippen molar-refractivity contribution in [2.75, 3.05) is 0 Å². The molecule has 0 saturated heterocycles. The van der Waals surface area contributed by atoms with E-state index in [9.17, 15) is 0 Å². The minimum atomic E-state index is 0. The predicted octanol–water partition coefficient (Wildman–Crippen LogP) is -3.02. The average Bonchev–Trinajstić information content (AvgIpc) is 0. The van der Waals surface area contributed by atoms with Gasteiger partial charge in [-0.3, -0.25) is 0 Å². The molecule has 0 N–H and O–H groups in total. The van der Waals surface area contributed by atoms with Gasteiger partial charge in [-0.05, 0) is 11.0 Å². The van der Waals surface area contributed by atoms with Crippen LogP contribution < -0.4 is 0 Å². The van der Waals surface area contributed by atoms with Crippen LogP contribution in [0.1, 0.15) is 0 Å². The molecule has 4 heteroatoms. The third-order valence-electron chi connectivity index (χ3n) is 0. The predicted molar refractivity (Wildman–Crippen MR) is 27.0 cm³/mol. The molecule has 19 valence electrons. The molecule has 0 unspecified atom stereocenters. The van der Waals surface area contributed by atoms with Gasteiger partial charge in [-0.1, -0.05) is 0 Å². The molecule has 0 aromatic heterocycles. The standard InChI is InChI=1S/Al.B.H4Si.Zn.3H/h;;1H4;;;;. The number of hydrogen-bond acceptors (Lipinski definition) is 0. The maximum atomic E-state index is 0. The molecule has 0 rings (SSSR count). The molecule has 0 nitrogen and oxygen atoms in total. The second kappa shape index (κ2) is 25.4. The van der Waals surface area contributed by atoms with Gasteiger partial charge in [0.1, 0.15) is 0 Å². The molecule has 0 saturated carbocycles. The summed E-state index contributed by atoms with van der Waals surface area (Å²) < 4.78 is 0. The molecule has 0 aliphatic heterocycles. The number of hydrogen-bond donors (Lipinski definition) is 0. The molecule has 3 radical (unpaired) electrons. The van der Waals surface area contributed by atoms with Gasteiger partial charge in [-0.25, -0.2) is 0 Å². The van der Waals surface area contributed by atoms with Crippen LogP contribution in [0.3, 0.4) is 0 Å². The Morgan fingerprint density at radius 1 is 1.00 bits per heavy atom. The summed E-state index contributed by atoms with van der Waals surface area (Å²) in [7, 11) is 0. The third kappa shape index (κ3) is 9.88. The molecule has 0 spiro atoms. The quantitative estimate of drug-likeness (QED) is 0.313. The van der Waals surface area contributed by atoms with Gasteiger partial charge < -0.3 is 0 Å². The van der Waals surface area contributed by atoms with Crippen LogP contribution in [0.5, 0.6) is 0 Å². The average molecular weight is 138 g/mol. The molecular weight excluding hydrogens is 131 g/mol. The first-order valence-electron chi connectivity index (χ1n) is 0. The Morgan fingerprint density at radius 3 is 1.00 bits per heavy atom. The summed E-state index contributed by atoms with van der Waals surface area (Å²) in [5, 5.41) is 0. The number of rotatable bonds is 0. The normalized spacial score (nSPS) is 0. The van der Waals surface area contributed by atoms with Crippen molar-refractivity contribution in [2.24, 2.45) is 0 Å². The zero-order chi connectivity index (χ0) is 0. The first kappa shape index (κ1) is 51.8. The Balaban J connectivity index is 0. The fraction of sp³-hybridized carbons (Fsp3) is 0. The van der Waals surface area contributed by atoms with E-state index in [4.69, 9.17) is 0 Å². The van der Waals surface area contributed by atoms with Gasteiger partial charge in [0.15, 0.2) is 17.4 Å². The van der Waals surface area contributed by atoms with E-state index in [0.717, 1.165) is 0 Å². The Kier molecular flexibility index (Phi) is 329. The van der Waals surface area contributed by atoms with Crippen molar-refractivity contribution in [2.45, 2.75) is 0 Å². The van der Waals surface area contributed by atoms with Crippen LogP contribution in [0, 0.1) is 0 Å². The van der Waals surface area contributed by atoms with Crippen molar-refractivity contribution in [1.29, 1.82) is 0 Å². The van der Waals surface area contributed by atoms with Crippen molar-refractivity contribution < 1.29 is 19.5 Å². The van der Waals surface area contributed by atoms with Crippen LogP contribution in [-0.2, 0) is 19.5 Å². The van der Waals surface area contributed by atoms with E-state index in [1.54, 1.807) is 0 Å². The van der Waals surface area contributed by atoms with Gasteiger partial charge in [0, 0.05) is 27.9 Å². The summed E-state index contributed by atoms with van der Waals surface area (Å²) in [6, 6.07) is 0. The molecule has 4 heavy (non-hydrogen) atoms. The minimum Gasteiger partial charge on any atom is -0.0149 e. The molecule has 0 atom stereocenters. The van der Waals surface area contributed by atoms with E-state index < -0.39 is 0 Å². The van der Waals surface area contributed by atoms with Crippen LogP contribution in [0.2, 0.25) is 0 Å². The van der Waals surface area contributed by atoms with E-state index in [2.05, 4.69) is 0 Å². The second-order valence-corrected chi connectivity index (χ2v) is 0. The Labute approximate surface area is 56.2 Å². The van der Waals surface area contributed by atoms with Crippen LogP contribution in [-0.4, -0.2) is 36.7 Å². The fourth-order valence-electron chi connectivity index (χ4n) is 0. The van der Waals surface area contributed by atoms with Crippen LogP contribution in [0.15, 0.2) is 0 Å². The van der Waals surface area contributed by atoms with Gasteiger partial charge in [0.05, 0.1) is 0 Å².